The van der Waals surface area contributed by atoms with E-state index in [1.165, 1.54) is 0 Å². The zero-order valence-corrected chi connectivity index (χ0v) is 9.50. The minimum atomic E-state index is 1.61. The average molecular weight is 361 g/mol. The molecule has 2 heteroatoms. The van der Waals surface area contributed by atoms with Gasteiger partial charge < -0.3 is 0 Å². The van der Waals surface area contributed by atoms with Crippen molar-refractivity contribution in [3.63, 3.8) is 0 Å². The molecule has 0 unspecified atom stereocenters. The summed E-state index contributed by atoms with van der Waals surface area (Å²) >= 11 is 1.61. The zero-order valence-electron chi connectivity index (χ0n) is 6.47. The molecule has 0 atom stereocenters. The summed E-state index contributed by atoms with van der Waals surface area (Å²) in [5.74, 6) is 0. The van der Waals surface area contributed by atoms with Gasteiger partial charge in [0.2, 0.25) is 0 Å². The third kappa shape index (κ3) is 7.78. The molecule has 0 spiro atoms. The van der Waals surface area contributed by atoms with Crippen LogP contribution >= 0.6 is 9.42 Å². The molecule has 0 aliphatic rings. The number of rotatable bonds is 0. The van der Waals surface area contributed by atoms with Gasteiger partial charge >= 0.3 is 28.2 Å². The molecular formula is C10H10ClPt-2. The Bertz CT molecular complexity index is 149. The molecule has 0 nitrogen and oxygen atoms in total. The smallest absolute Gasteiger partial charge is 0.172 e. The summed E-state index contributed by atoms with van der Waals surface area (Å²) in [4.78, 5) is 0. The summed E-state index contributed by atoms with van der Waals surface area (Å²) in [7, 11) is 4.61. The van der Waals surface area contributed by atoms with Crippen LogP contribution in [-0.2, 0) is 18.8 Å². The van der Waals surface area contributed by atoms with Crippen molar-refractivity contribution in [1.82, 2.24) is 0 Å². The van der Waals surface area contributed by atoms with E-state index in [-0.39, 0.29) is 0 Å². The second-order valence-corrected chi connectivity index (χ2v) is 1.92. The third-order valence-corrected chi connectivity index (χ3v) is 1.11. The van der Waals surface area contributed by atoms with Crippen molar-refractivity contribution in [2.24, 2.45) is 0 Å². The van der Waals surface area contributed by atoms with Gasteiger partial charge in [0.15, 0.2) is 0 Å². The number of hydrogen-bond donors (Lipinski definition) is 0. The Morgan fingerprint density at radius 1 is 0.667 bits per heavy atom. The van der Waals surface area contributed by atoms with Crippen LogP contribution in [0.5, 0.6) is 0 Å². The Morgan fingerprint density at radius 2 is 0.917 bits per heavy atom. The van der Waals surface area contributed by atoms with Gasteiger partial charge in [-0.1, -0.05) is 0 Å². The van der Waals surface area contributed by atoms with Crippen LogP contribution in [0, 0.1) is 0 Å². The SMILES string of the molecule is [Cl][Pt].c1cc[cH-]c1.c1cc[cH-]c1. The first-order valence-corrected chi connectivity index (χ1v) is 6.27. The third-order valence-electron chi connectivity index (χ3n) is 1.11. The van der Waals surface area contributed by atoms with Crippen LogP contribution in [0.15, 0.2) is 60.7 Å². The van der Waals surface area contributed by atoms with E-state index in [0.717, 1.165) is 0 Å². The molecule has 0 bridgehead atoms. The fraction of sp³-hybridized carbons (Fsp3) is 0. The number of hydrogen-bond acceptors (Lipinski definition) is 0. The van der Waals surface area contributed by atoms with Crippen molar-refractivity contribution < 1.29 is 18.8 Å². The van der Waals surface area contributed by atoms with Crippen LogP contribution in [0.4, 0.5) is 0 Å². The Kier molecular flexibility index (Phi) is 10.4. The van der Waals surface area contributed by atoms with E-state index in [0.29, 0.717) is 0 Å². The second-order valence-electron chi connectivity index (χ2n) is 1.92. The molecule has 0 amide bonds. The molecular weight excluding hydrogens is 351 g/mol. The normalized spacial score (nSPS) is 7.25. The molecule has 0 heterocycles. The predicted molar refractivity (Wildman–Crippen MR) is 49.9 cm³/mol. The summed E-state index contributed by atoms with van der Waals surface area (Å²) in [6, 6.07) is 20.0. The molecule has 0 aromatic heterocycles. The Balaban J connectivity index is 0.000000168. The van der Waals surface area contributed by atoms with Gasteiger partial charge in [-0.05, 0) is 0 Å². The summed E-state index contributed by atoms with van der Waals surface area (Å²) < 4.78 is 0. The Labute approximate surface area is 88.7 Å². The van der Waals surface area contributed by atoms with Crippen molar-refractivity contribution in [2.75, 3.05) is 0 Å². The minimum Gasteiger partial charge on any atom is -0.214 e. The van der Waals surface area contributed by atoms with Crippen LogP contribution in [0.3, 0.4) is 0 Å². The molecule has 0 N–H and O–H groups in total. The monoisotopic (exact) mass is 360 g/mol. The first-order valence-electron chi connectivity index (χ1n) is 3.45. The second kappa shape index (κ2) is 10.7. The van der Waals surface area contributed by atoms with Gasteiger partial charge in [-0.25, -0.2) is 24.3 Å². The first-order chi connectivity index (χ1) is 6.00. The van der Waals surface area contributed by atoms with Crippen LogP contribution in [0.2, 0.25) is 0 Å². The van der Waals surface area contributed by atoms with Crippen LogP contribution in [-0.4, -0.2) is 0 Å². The van der Waals surface area contributed by atoms with E-state index in [1.807, 2.05) is 60.7 Å². The van der Waals surface area contributed by atoms with E-state index in [4.69, 9.17) is 0 Å². The molecule has 69 valence electrons. The molecule has 0 saturated carbocycles. The maximum atomic E-state index is 4.61. The standard InChI is InChI=1S/2C5H5.ClH.Pt/c2*1-2-4-5-3-1;;/h2*1-5H;1H;/q2*-1;;+1/p-1. The fourth-order valence-corrected chi connectivity index (χ4v) is 0.642. The molecule has 2 rings (SSSR count). The summed E-state index contributed by atoms with van der Waals surface area (Å²) in [5.41, 5.74) is 0. The van der Waals surface area contributed by atoms with Gasteiger partial charge in [-0.3, -0.25) is 0 Å². The maximum Gasteiger partial charge on any atom is -0.172 e. The summed E-state index contributed by atoms with van der Waals surface area (Å²) in [6.07, 6.45) is 0. The van der Waals surface area contributed by atoms with Crippen molar-refractivity contribution in [1.29, 1.82) is 0 Å². The topological polar surface area (TPSA) is 0 Å². The molecule has 2 aromatic carbocycles. The average Bonchev–Trinajstić information content (AvgIpc) is 2.87. The van der Waals surface area contributed by atoms with Gasteiger partial charge in [-0.15, -0.1) is 0 Å². The van der Waals surface area contributed by atoms with Gasteiger partial charge in [0.1, 0.15) is 0 Å². The largest absolute Gasteiger partial charge is 0.214 e. The summed E-state index contributed by atoms with van der Waals surface area (Å²) in [6.45, 7) is 0. The van der Waals surface area contributed by atoms with E-state index in [9.17, 15) is 0 Å². The fourth-order valence-electron chi connectivity index (χ4n) is 0.642. The van der Waals surface area contributed by atoms with Crippen LogP contribution in [0.25, 0.3) is 0 Å². The van der Waals surface area contributed by atoms with Crippen molar-refractivity contribution in [3.05, 3.63) is 60.7 Å². The Hall–Kier alpha value is -0.322. The zero-order chi connectivity index (χ0) is 9.07. The molecule has 0 saturated heterocycles. The van der Waals surface area contributed by atoms with Gasteiger partial charge in [-0.2, -0.15) is 36.4 Å². The quantitative estimate of drug-likeness (QED) is 0.631. The van der Waals surface area contributed by atoms with Crippen molar-refractivity contribution in [3.8, 4) is 0 Å². The molecule has 0 radical (unpaired) electrons. The number of halogens is 1. The van der Waals surface area contributed by atoms with Gasteiger partial charge in [0.05, 0.1) is 0 Å². The van der Waals surface area contributed by atoms with Crippen LogP contribution < -0.4 is 0 Å². The molecule has 2 aromatic rings. The van der Waals surface area contributed by atoms with Crippen LogP contribution in [0.1, 0.15) is 0 Å². The van der Waals surface area contributed by atoms with E-state index in [1.54, 1.807) is 18.8 Å². The van der Waals surface area contributed by atoms with Crippen molar-refractivity contribution >= 4 is 9.42 Å². The molecule has 0 aliphatic heterocycles. The van der Waals surface area contributed by atoms with E-state index in [2.05, 4.69) is 9.42 Å². The molecule has 12 heavy (non-hydrogen) atoms. The molecule has 0 fully saturated rings. The van der Waals surface area contributed by atoms with Crippen molar-refractivity contribution in [2.45, 2.75) is 0 Å². The minimum absolute atomic E-state index is 1.61. The Morgan fingerprint density at radius 3 is 1.00 bits per heavy atom. The maximum absolute atomic E-state index is 4.61. The van der Waals surface area contributed by atoms with E-state index >= 15 is 0 Å². The first kappa shape index (κ1) is 11.7. The van der Waals surface area contributed by atoms with Gasteiger partial charge in [0, 0.05) is 0 Å². The summed E-state index contributed by atoms with van der Waals surface area (Å²) in [5, 5.41) is 0. The molecule has 0 aliphatic carbocycles. The van der Waals surface area contributed by atoms with E-state index < -0.39 is 0 Å². The van der Waals surface area contributed by atoms with Gasteiger partial charge in [0.25, 0.3) is 0 Å². The predicted octanol–water partition coefficient (Wildman–Crippen LogP) is 3.50.